The number of nitrogens with two attached hydrogens (primary N) is 2. The van der Waals surface area contributed by atoms with Crippen LogP contribution in [0, 0.1) is 5.92 Å². The number of nitrogens with one attached hydrogen (secondary N) is 3. The van der Waals surface area contributed by atoms with Crippen molar-refractivity contribution < 1.29 is 9.59 Å². The van der Waals surface area contributed by atoms with Crippen molar-refractivity contribution in [2.24, 2.45) is 11.7 Å². The fourth-order valence-corrected chi connectivity index (χ4v) is 3.36. The zero-order chi connectivity index (χ0) is 22.4. The Morgan fingerprint density at radius 1 is 1.16 bits per heavy atom. The number of benzene rings is 1. The van der Waals surface area contributed by atoms with Gasteiger partial charge in [-0.3, -0.25) is 9.59 Å². The third-order valence-corrected chi connectivity index (χ3v) is 5.61. The summed E-state index contributed by atoms with van der Waals surface area (Å²) in [6, 6.07) is 9.89. The first-order chi connectivity index (χ1) is 14.9. The van der Waals surface area contributed by atoms with Crippen LogP contribution in [0.4, 0.5) is 5.82 Å². The maximum absolute atomic E-state index is 13.0. The molecular formula is C23H30N6O2. The molecule has 0 spiro atoms. The quantitative estimate of drug-likeness (QED) is 0.358. The van der Waals surface area contributed by atoms with Crippen molar-refractivity contribution in [3.05, 3.63) is 59.9 Å². The van der Waals surface area contributed by atoms with E-state index >= 15 is 0 Å². The van der Waals surface area contributed by atoms with E-state index in [1.165, 1.54) is 0 Å². The van der Waals surface area contributed by atoms with Crippen LogP contribution >= 0.6 is 0 Å². The SMILES string of the molecule is CCC(C)[C@@H](N)C(=O)N[C@@H](Cc1c[nH]c2ccccc12)C(=O)NCc1ccc(N)nc1. The molecule has 3 aromatic rings. The van der Waals surface area contributed by atoms with Crippen molar-refractivity contribution >= 4 is 28.5 Å². The molecule has 0 saturated carbocycles. The fraction of sp³-hybridized carbons (Fsp3) is 0.348. The summed E-state index contributed by atoms with van der Waals surface area (Å²) in [7, 11) is 0. The second kappa shape index (κ2) is 10.1. The molecule has 1 unspecified atom stereocenters. The molecule has 2 amide bonds. The maximum atomic E-state index is 13.0. The van der Waals surface area contributed by atoms with Gasteiger partial charge < -0.3 is 27.1 Å². The van der Waals surface area contributed by atoms with Gasteiger partial charge in [-0.15, -0.1) is 0 Å². The summed E-state index contributed by atoms with van der Waals surface area (Å²) in [4.78, 5) is 33.0. The van der Waals surface area contributed by atoms with E-state index in [2.05, 4.69) is 20.6 Å². The smallest absolute Gasteiger partial charge is 0.243 e. The van der Waals surface area contributed by atoms with Gasteiger partial charge >= 0.3 is 0 Å². The molecule has 2 aromatic heterocycles. The highest BCUT2D eigenvalue weighted by Crippen LogP contribution is 2.19. The van der Waals surface area contributed by atoms with E-state index in [4.69, 9.17) is 11.5 Å². The largest absolute Gasteiger partial charge is 0.384 e. The molecule has 0 aliphatic rings. The molecule has 7 N–H and O–H groups in total. The van der Waals surface area contributed by atoms with Crippen molar-refractivity contribution in [1.29, 1.82) is 0 Å². The monoisotopic (exact) mass is 422 g/mol. The summed E-state index contributed by atoms with van der Waals surface area (Å²) >= 11 is 0. The summed E-state index contributed by atoms with van der Waals surface area (Å²) in [6.07, 6.45) is 4.60. The van der Waals surface area contributed by atoms with Gasteiger partial charge in [-0.1, -0.05) is 44.5 Å². The van der Waals surface area contributed by atoms with Crippen LogP contribution in [0.2, 0.25) is 0 Å². The zero-order valence-corrected chi connectivity index (χ0v) is 17.9. The molecule has 0 aliphatic heterocycles. The number of amides is 2. The Morgan fingerprint density at radius 2 is 1.94 bits per heavy atom. The summed E-state index contributed by atoms with van der Waals surface area (Å²) in [6.45, 7) is 4.19. The molecule has 8 nitrogen and oxygen atoms in total. The van der Waals surface area contributed by atoms with Crippen LogP contribution in [0.3, 0.4) is 0 Å². The van der Waals surface area contributed by atoms with Gasteiger partial charge in [0.1, 0.15) is 11.9 Å². The van der Waals surface area contributed by atoms with Gasteiger partial charge in [-0.05, 0) is 29.2 Å². The first kappa shape index (κ1) is 22.3. The van der Waals surface area contributed by atoms with Crippen molar-refractivity contribution in [3.63, 3.8) is 0 Å². The van der Waals surface area contributed by atoms with Crippen LogP contribution in [0.5, 0.6) is 0 Å². The molecule has 0 bridgehead atoms. The topological polar surface area (TPSA) is 139 Å². The van der Waals surface area contributed by atoms with E-state index < -0.39 is 12.1 Å². The molecule has 3 atom stereocenters. The number of rotatable bonds is 9. The number of carbonyl (C=O) groups excluding carboxylic acids is 2. The lowest BCUT2D eigenvalue weighted by Crippen LogP contribution is -2.53. The van der Waals surface area contributed by atoms with E-state index in [-0.39, 0.29) is 24.3 Å². The van der Waals surface area contributed by atoms with E-state index in [1.54, 1.807) is 18.3 Å². The van der Waals surface area contributed by atoms with Gasteiger partial charge in [-0.25, -0.2) is 4.98 Å². The van der Waals surface area contributed by atoms with Gasteiger partial charge in [0.2, 0.25) is 11.8 Å². The highest BCUT2D eigenvalue weighted by molar-refractivity contribution is 5.91. The molecule has 3 rings (SSSR count). The van der Waals surface area contributed by atoms with E-state index in [1.807, 2.05) is 44.3 Å². The number of hydrogen-bond acceptors (Lipinski definition) is 5. The number of nitrogen functional groups attached to an aromatic ring is 1. The van der Waals surface area contributed by atoms with Crippen LogP contribution in [0.15, 0.2) is 48.8 Å². The second-order valence-corrected chi connectivity index (χ2v) is 7.85. The molecular weight excluding hydrogens is 392 g/mol. The number of hydrogen-bond donors (Lipinski definition) is 5. The number of aromatic nitrogens is 2. The molecule has 0 fully saturated rings. The van der Waals surface area contributed by atoms with Gasteiger partial charge in [0.15, 0.2) is 0 Å². The number of aromatic amines is 1. The molecule has 0 aliphatic carbocycles. The lowest BCUT2D eigenvalue weighted by molar-refractivity contribution is -0.130. The van der Waals surface area contributed by atoms with Crippen molar-refractivity contribution in [2.45, 2.75) is 45.3 Å². The predicted octanol–water partition coefficient (Wildman–Crippen LogP) is 1.86. The van der Waals surface area contributed by atoms with Crippen LogP contribution in [0.1, 0.15) is 31.4 Å². The van der Waals surface area contributed by atoms with Crippen LogP contribution < -0.4 is 22.1 Å². The minimum atomic E-state index is -0.761. The van der Waals surface area contributed by atoms with E-state index in [0.717, 1.165) is 28.5 Å². The van der Waals surface area contributed by atoms with Crippen LogP contribution in [0.25, 0.3) is 10.9 Å². The third kappa shape index (κ3) is 5.61. The van der Waals surface area contributed by atoms with Crippen molar-refractivity contribution in [1.82, 2.24) is 20.6 Å². The minimum Gasteiger partial charge on any atom is -0.384 e. The molecule has 31 heavy (non-hydrogen) atoms. The van der Waals surface area contributed by atoms with Crippen LogP contribution in [-0.2, 0) is 22.6 Å². The number of fused-ring (bicyclic) bond motifs is 1. The van der Waals surface area contributed by atoms with E-state index in [9.17, 15) is 9.59 Å². The highest BCUT2D eigenvalue weighted by atomic mass is 16.2. The molecule has 164 valence electrons. The number of nitrogens with zero attached hydrogens (tertiary/aromatic N) is 1. The molecule has 0 saturated heterocycles. The van der Waals surface area contributed by atoms with Gasteiger partial charge in [0.25, 0.3) is 0 Å². The Kier molecular flexibility index (Phi) is 7.25. The Bertz CT molecular complexity index is 1030. The Morgan fingerprint density at radius 3 is 2.65 bits per heavy atom. The van der Waals surface area contributed by atoms with Crippen molar-refractivity contribution in [3.8, 4) is 0 Å². The van der Waals surface area contributed by atoms with Crippen LogP contribution in [-0.4, -0.2) is 33.9 Å². The molecule has 1 aromatic carbocycles. The third-order valence-electron chi connectivity index (χ3n) is 5.61. The summed E-state index contributed by atoms with van der Waals surface area (Å²) in [5.74, 6) is -0.188. The normalized spacial score (nSPS) is 14.0. The minimum absolute atomic E-state index is 0.0117. The summed E-state index contributed by atoms with van der Waals surface area (Å²) in [5.41, 5.74) is 14.4. The van der Waals surface area contributed by atoms with Gasteiger partial charge in [0, 0.05) is 36.3 Å². The van der Waals surface area contributed by atoms with E-state index in [0.29, 0.717) is 12.2 Å². The molecule has 2 heterocycles. The number of anilines is 1. The first-order valence-electron chi connectivity index (χ1n) is 10.5. The fourth-order valence-electron chi connectivity index (χ4n) is 3.36. The summed E-state index contributed by atoms with van der Waals surface area (Å²) < 4.78 is 0. The maximum Gasteiger partial charge on any atom is 0.243 e. The second-order valence-electron chi connectivity index (χ2n) is 7.85. The number of para-hydroxylation sites is 1. The predicted molar refractivity (Wildman–Crippen MR) is 122 cm³/mol. The Labute approximate surface area is 181 Å². The first-order valence-corrected chi connectivity index (χ1v) is 10.5. The zero-order valence-electron chi connectivity index (χ0n) is 17.9. The summed E-state index contributed by atoms with van der Waals surface area (Å²) in [5, 5.41) is 6.75. The Hall–Kier alpha value is -3.39. The van der Waals surface area contributed by atoms with Crippen molar-refractivity contribution in [2.75, 3.05) is 5.73 Å². The molecule has 8 heteroatoms. The van der Waals surface area contributed by atoms with Gasteiger partial charge in [0.05, 0.1) is 6.04 Å². The average molecular weight is 423 g/mol. The number of pyridine rings is 1. The average Bonchev–Trinajstić information content (AvgIpc) is 3.19. The standard InChI is InChI=1S/C23H30N6O2/c1-3-14(2)21(25)23(31)29-19(10-16-13-26-18-7-5-4-6-17(16)18)22(30)28-12-15-8-9-20(24)27-11-15/h4-9,11,13-14,19,21,26H,3,10,12,25H2,1-2H3,(H2,24,27)(H,28,30)(H,29,31)/t14?,19-,21+/m0/s1. The number of carbonyl (C=O) groups is 2. The van der Waals surface area contributed by atoms with Gasteiger partial charge in [-0.2, -0.15) is 0 Å². The molecule has 0 radical (unpaired) electrons. The number of H-pyrrole nitrogens is 1. The lowest BCUT2D eigenvalue weighted by Gasteiger charge is -2.23. The lowest BCUT2D eigenvalue weighted by atomic mass is 9.98. The Balaban J connectivity index is 1.76. The highest BCUT2D eigenvalue weighted by Gasteiger charge is 2.27.